The Labute approximate surface area is 166 Å². The van der Waals surface area contributed by atoms with Crippen LogP contribution >= 0.6 is 23.2 Å². The van der Waals surface area contributed by atoms with Crippen molar-refractivity contribution in [3.63, 3.8) is 0 Å². The topological polar surface area (TPSA) is 81.4 Å². The van der Waals surface area contributed by atoms with Crippen LogP contribution in [0.5, 0.6) is 5.88 Å². The molecule has 1 aliphatic rings. The van der Waals surface area contributed by atoms with Crippen molar-refractivity contribution in [2.75, 3.05) is 0 Å². The fourth-order valence-electron chi connectivity index (χ4n) is 2.99. The number of ether oxygens (including phenoxy) is 1. The standard InChI is InChI=1S/C19H18Cl2N2O4/c1-10-8-16(23(2)22-10)27-9-12-13(20)7-6-11(18(12)21)19(26)17-14(24)4-3-5-15(17)25/h6-8,26H,3-5,9H2,1-2H3. The predicted octanol–water partition coefficient (Wildman–Crippen LogP) is 4.21. The number of carbonyl (C=O) groups excluding carboxylic acids is 2. The zero-order valence-corrected chi connectivity index (χ0v) is 16.4. The minimum atomic E-state index is -0.413. The summed E-state index contributed by atoms with van der Waals surface area (Å²) >= 11 is 12.7. The second-order valence-corrected chi connectivity index (χ2v) is 7.13. The van der Waals surface area contributed by atoms with E-state index in [1.54, 1.807) is 23.9 Å². The smallest absolute Gasteiger partial charge is 0.212 e. The van der Waals surface area contributed by atoms with E-state index >= 15 is 0 Å². The second-order valence-electron chi connectivity index (χ2n) is 6.35. The lowest BCUT2D eigenvalue weighted by molar-refractivity contribution is -0.123. The summed E-state index contributed by atoms with van der Waals surface area (Å²) in [6.07, 6.45) is 0.949. The van der Waals surface area contributed by atoms with Crippen molar-refractivity contribution in [3.8, 4) is 5.88 Å². The Hall–Kier alpha value is -2.31. The molecule has 3 rings (SSSR count). The number of halogens is 2. The minimum Gasteiger partial charge on any atom is -0.506 e. The van der Waals surface area contributed by atoms with Gasteiger partial charge in [0.1, 0.15) is 17.9 Å². The van der Waals surface area contributed by atoms with Gasteiger partial charge in [0.05, 0.1) is 10.7 Å². The van der Waals surface area contributed by atoms with Gasteiger partial charge in [0.15, 0.2) is 11.6 Å². The van der Waals surface area contributed by atoms with Gasteiger partial charge in [-0.1, -0.05) is 23.2 Å². The maximum absolute atomic E-state index is 12.1. The first-order chi connectivity index (χ1) is 12.8. The van der Waals surface area contributed by atoms with E-state index in [1.807, 2.05) is 6.92 Å². The number of allylic oxidation sites excluding steroid dienone is 1. The molecule has 0 aliphatic heterocycles. The van der Waals surface area contributed by atoms with E-state index in [1.165, 1.54) is 6.07 Å². The van der Waals surface area contributed by atoms with Crippen molar-refractivity contribution in [2.24, 2.45) is 7.05 Å². The van der Waals surface area contributed by atoms with Crippen molar-refractivity contribution in [1.82, 2.24) is 9.78 Å². The van der Waals surface area contributed by atoms with Gasteiger partial charge in [-0.2, -0.15) is 5.10 Å². The summed E-state index contributed by atoms with van der Waals surface area (Å²) in [5, 5.41) is 15.3. The molecule has 1 saturated carbocycles. The molecule has 27 heavy (non-hydrogen) atoms. The summed E-state index contributed by atoms with van der Waals surface area (Å²) in [5.41, 5.74) is 1.23. The first kappa shape index (κ1) is 19.5. The molecule has 0 unspecified atom stereocenters. The van der Waals surface area contributed by atoms with E-state index in [0.29, 0.717) is 22.9 Å². The normalized spacial score (nSPS) is 14.6. The Bertz CT molecular complexity index is 945. The highest BCUT2D eigenvalue weighted by molar-refractivity contribution is 6.37. The molecule has 2 aromatic rings. The molecule has 0 saturated heterocycles. The van der Waals surface area contributed by atoms with Crippen LogP contribution in [-0.4, -0.2) is 26.5 Å². The molecule has 8 heteroatoms. The third-order valence-electron chi connectivity index (χ3n) is 4.37. The molecule has 0 spiro atoms. The Balaban J connectivity index is 1.97. The molecule has 0 amide bonds. The number of rotatable bonds is 4. The van der Waals surface area contributed by atoms with E-state index in [2.05, 4.69) is 5.10 Å². The first-order valence-electron chi connectivity index (χ1n) is 8.40. The van der Waals surface area contributed by atoms with Gasteiger partial charge in [-0.15, -0.1) is 0 Å². The molecule has 1 fully saturated rings. The second kappa shape index (κ2) is 7.74. The molecule has 0 radical (unpaired) electrons. The molecule has 1 aromatic heterocycles. The number of hydrogen-bond acceptors (Lipinski definition) is 5. The van der Waals surface area contributed by atoms with E-state index in [-0.39, 0.29) is 47.2 Å². The van der Waals surface area contributed by atoms with Crippen LogP contribution < -0.4 is 4.74 Å². The Morgan fingerprint density at radius 2 is 1.93 bits per heavy atom. The van der Waals surface area contributed by atoms with Gasteiger partial charge < -0.3 is 9.84 Å². The van der Waals surface area contributed by atoms with Crippen LogP contribution in [0.1, 0.15) is 36.1 Å². The summed E-state index contributed by atoms with van der Waals surface area (Å²) in [7, 11) is 1.75. The number of aryl methyl sites for hydroxylation is 2. The van der Waals surface area contributed by atoms with Crippen LogP contribution in [0.25, 0.3) is 5.76 Å². The van der Waals surface area contributed by atoms with Crippen molar-refractivity contribution < 1.29 is 19.4 Å². The van der Waals surface area contributed by atoms with Gasteiger partial charge in [-0.3, -0.25) is 9.59 Å². The highest BCUT2D eigenvalue weighted by atomic mass is 35.5. The average Bonchev–Trinajstić information content (AvgIpc) is 2.92. The largest absolute Gasteiger partial charge is 0.506 e. The summed E-state index contributed by atoms with van der Waals surface area (Å²) < 4.78 is 7.31. The number of Topliss-reactive ketones (excluding diaryl/α,β-unsaturated/α-hetero) is 2. The van der Waals surface area contributed by atoms with Crippen LogP contribution in [0.2, 0.25) is 10.0 Å². The Morgan fingerprint density at radius 3 is 2.52 bits per heavy atom. The number of benzene rings is 1. The summed E-state index contributed by atoms with van der Waals surface area (Å²) in [6.45, 7) is 1.88. The zero-order chi connectivity index (χ0) is 19.7. The highest BCUT2D eigenvalue weighted by Gasteiger charge is 2.29. The van der Waals surface area contributed by atoms with Crippen LogP contribution in [0, 0.1) is 6.92 Å². The van der Waals surface area contributed by atoms with Crippen molar-refractivity contribution in [2.45, 2.75) is 32.8 Å². The lowest BCUT2D eigenvalue weighted by Gasteiger charge is -2.16. The van der Waals surface area contributed by atoms with Gasteiger partial charge in [0.2, 0.25) is 5.88 Å². The fourth-order valence-corrected chi connectivity index (χ4v) is 3.56. The predicted molar refractivity (Wildman–Crippen MR) is 102 cm³/mol. The molecule has 1 aliphatic carbocycles. The zero-order valence-electron chi connectivity index (χ0n) is 14.9. The maximum atomic E-state index is 12.1. The Morgan fingerprint density at radius 1 is 1.26 bits per heavy atom. The van der Waals surface area contributed by atoms with E-state index in [4.69, 9.17) is 27.9 Å². The first-order valence-corrected chi connectivity index (χ1v) is 9.15. The quantitative estimate of drug-likeness (QED) is 0.465. The lowest BCUT2D eigenvalue weighted by atomic mass is 9.89. The number of nitrogens with zero attached hydrogens (tertiary/aromatic N) is 2. The monoisotopic (exact) mass is 408 g/mol. The minimum absolute atomic E-state index is 0.0367. The van der Waals surface area contributed by atoms with E-state index in [0.717, 1.165) is 5.69 Å². The van der Waals surface area contributed by atoms with Gasteiger partial charge >= 0.3 is 0 Å². The number of ketones is 2. The number of aliphatic hydroxyl groups is 1. The van der Waals surface area contributed by atoms with E-state index in [9.17, 15) is 14.7 Å². The third kappa shape index (κ3) is 3.87. The van der Waals surface area contributed by atoms with Gasteiger partial charge in [0, 0.05) is 42.1 Å². The van der Waals surface area contributed by atoms with Crippen LogP contribution in [0.3, 0.4) is 0 Å². The third-order valence-corrected chi connectivity index (χ3v) is 5.15. The maximum Gasteiger partial charge on any atom is 0.212 e. The molecule has 142 valence electrons. The van der Waals surface area contributed by atoms with Crippen LogP contribution in [0.15, 0.2) is 23.8 Å². The lowest BCUT2D eigenvalue weighted by Crippen LogP contribution is -2.20. The molecule has 1 aromatic carbocycles. The molecule has 1 heterocycles. The summed E-state index contributed by atoms with van der Waals surface area (Å²) in [6, 6.07) is 4.80. The number of aliphatic hydroxyl groups excluding tert-OH is 1. The number of carbonyl (C=O) groups is 2. The number of hydrogen-bond donors (Lipinski definition) is 1. The van der Waals surface area contributed by atoms with Gasteiger partial charge in [-0.25, -0.2) is 4.68 Å². The molecule has 0 atom stereocenters. The summed E-state index contributed by atoms with van der Waals surface area (Å²) in [5.74, 6) is -0.634. The summed E-state index contributed by atoms with van der Waals surface area (Å²) in [4.78, 5) is 24.2. The number of aromatic nitrogens is 2. The van der Waals surface area contributed by atoms with E-state index < -0.39 is 5.76 Å². The fraction of sp³-hybridized carbons (Fsp3) is 0.316. The average molecular weight is 409 g/mol. The molecule has 6 nitrogen and oxygen atoms in total. The highest BCUT2D eigenvalue weighted by Crippen LogP contribution is 2.35. The van der Waals surface area contributed by atoms with Crippen LogP contribution in [-0.2, 0) is 23.2 Å². The van der Waals surface area contributed by atoms with Gasteiger partial charge in [-0.05, 0) is 25.5 Å². The van der Waals surface area contributed by atoms with Gasteiger partial charge in [0.25, 0.3) is 0 Å². The SMILES string of the molecule is Cc1cc(OCc2c(Cl)ccc(C(O)=C3C(=O)CCCC3=O)c2Cl)n(C)n1. The molecule has 0 bridgehead atoms. The molecular formula is C19H18Cl2N2O4. The van der Waals surface area contributed by atoms with Crippen molar-refractivity contribution in [3.05, 3.63) is 50.6 Å². The van der Waals surface area contributed by atoms with Crippen molar-refractivity contribution in [1.29, 1.82) is 0 Å². The molecular weight excluding hydrogens is 391 g/mol. The molecule has 1 N–H and O–H groups in total. The Kier molecular flexibility index (Phi) is 5.58. The van der Waals surface area contributed by atoms with Crippen molar-refractivity contribution >= 4 is 40.5 Å². The van der Waals surface area contributed by atoms with Crippen LogP contribution in [0.4, 0.5) is 0 Å².